The first-order valence-electron chi connectivity index (χ1n) is 8.82. The van der Waals surface area contributed by atoms with Crippen molar-refractivity contribution in [3.05, 3.63) is 60.2 Å². The van der Waals surface area contributed by atoms with Crippen molar-refractivity contribution in [2.45, 2.75) is 10.1 Å². The zero-order valence-corrected chi connectivity index (χ0v) is 16.9. The van der Waals surface area contributed by atoms with E-state index < -0.39 is 32.7 Å². The third-order valence-electron chi connectivity index (χ3n) is 4.07. The van der Waals surface area contributed by atoms with Gasteiger partial charge in [-0.15, -0.1) is 0 Å². The van der Waals surface area contributed by atoms with Gasteiger partial charge >= 0.3 is 11.8 Å². The Labute approximate surface area is 169 Å². The van der Waals surface area contributed by atoms with Crippen LogP contribution in [-0.2, 0) is 19.4 Å². The average molecular weight is 422 g/mol. The van der Waals surface area contributed by atoms with E-state index in [1.165, 1.54) is 12.4 Å². The molecular weight excluding hydrogens is 399 g/mol. The van der Waals surface area contributed by atoms with Crippen LogP contribution in [0.25, 0.3) is 0 Å². The first-order chi connectivity index (χ1) is 13.7. The van der Waals surface area contributed by atoms with Crippen molar-refractivity contribution >= 4 is 21.7 Å². The Hall–Kier alpha value is -2.85. The molecular formula is C19H23FN4O4S. The molecule has 0 aliphatic rings. The van der Waals surface area contributed by atoms with E-state index in [4.69, 9.17) is 0 Å². The van der Waals surface area contributed by atoms with Crippen LogP contribution in [0.15, 0.2) is 53.7 Å². The van der Waals surface area contributed by atoms with Gasteiger partial charge in [-0.2, -0.15) is 0 Å². The highest BCUT2D eigenvalue weighted by atomic mass is 32.2. The SMILES string of the molecule is CN(C)CCNC(=O)C(=O)NC[C@H](c1cccnc1)S(=O)(=O)c1ccc(F)cc1. The maximum atomic E-state index is 13.2. The van der Waals surface area contributed by atoms with E-state index in [0.717, 1.165) is 24.3 Å². The molecule has 29 heavy (non-hydrogen) atoms. The molecule has 0 bridgehead atoms. The number of likely N-dealkylation sites (N-methyl/N-ethyl adjacent to an activating group) is 1. The fourth-order valence-corrected chi connectivity index (χ4v) is 4.15. The molecule has 0 saturated heterocycles. The summed E-state index contributed by atoms with van der Waals surface area (Å²) in [6.07, 6.45) is 2.86. The molecule has 0 aliphatic carbocycles. The summed E-state index contributed by atoms with van der Waals surface area (Å²) < 4.78 is 39.3. The van der Waals surface area contributed by atoms with Crippen molar-refractivity contribution in [3.63, 3.8) is 0 Å². The van der Waals surface area contributed by atoms with E-state index in [2.05, 4.69) is 15.6 Å². The topological polar surface area (TPSA) is 108 Å². The van der Waals surface area contributed by atoms with E-state index in [0.29, 0.717) is 12.1 Å². The van der Waals surface area contributed by atoms with Crippen molar-refractivity contribution < 1.29 is 22.4 Å². The third kappa shape index (κ3) is 6.33. The number of hydrogen-bond donors (Lipinski definition) is 2. The van der Waals surface area contributed by atoms with Gasteiger partial charge in [0.1, 0.15) is 11.1 Å². The lowest BCUT2D eigenvalue weighted by Gasteiger charge is -2.19. The lowest BCUT2D eigenvalue weighted by molar-refractivity contribution is -0.139. The number of pyridine rings is 1. The smallest absolute Gasteiger partial charge is 0.309 e. The van der Waals surface area contributed by atoms with E-state index in [-0.39, 0.29) is 18.0 Å². The highest BCUT2D eigenvalue weighted by Gasteiger charge is 2.30. The molecule has 1 aromatic heterocycles. The molecule has 0 unspecified atom stereocenters. The van der Waals surface area contributed by atoms with Crippen LogP contribution in [0.1, 0.15) is 10.8 Å². The Morgan fingerprint density at radius 2 is 1.76 bits per heavy atom. The van der Waals surface area contributed by atoms with Crippen LogP contribution in [0.4, 0.5) is 4.39 Å². The molecule has 2 N–H and O–H groups in total. The van der Waals surface area contributed by atoms with Gasteiger partial charge in [-0.3, -0.25) is 14.6 Å². The fourth-order valence-electron chi connectivity index (χ4n) is 2.50. The summed E-state index contributed by atoms with van der Waals surface area (Å²) in [5.74, 6) is -2.35. The van der Waals surface area contributed by atoms with Crippen LogP contribution in [-0.4, -0.2) is 63.8 Å². The maximum absolute atomic E-state index is 13.2. The Morgan fingerprint density at radius 1 is 1.10 bits per heavy atom. The molecule has 0 aliphatic heterocycles. The standard InChI is InChI=1S/C19H23FN4O4S/c1-24(2)11-10-22-18(25)19(26)23-13-17(14-4-3-9-21-12-14)29(27,28)16-7-5-15(20)6-8-16/h3-9,12,17H,10-11,13H2,1-2H3,(H,22,25)(H,23,26)/t17-/m1/s1. The zero-order chi connectivity index (χ0) is 21.4. The summed E-state index contributed by atoms with van der Waals surface area (Å²) in [5, 5.41) is 3.62. The lowest BCUT2D eigenvalue weighted by atomic mass is 10.2. The van der Waals surface area contributed by atoms with Crippen molar-refractivity contribution in [1.29, 1.82) is 0 Å². The first-order valence-corrected chi connectivity index (χ1v) is 10.4. The predicted molar refractivity (Wildman–Crippen MR) is 105 cm³/mol. The Bertz CT molecular complexity index is 934. The molecule has 0 fully saturated rings. The van der Waals surface area contributed by atoms with Gasteiger partial charge in [0.25, 0.3) is 0 Å². The van der Waals surface area contributed by atoms with Crippen LogP contribution < -0.4 is 10.6 Å². The molecule has 8 nitrogen and oxygen atoms in total. The summed E-state index contributed by atoms with van der Waals surface area (Å²) in [5.41, 5.74) is 0.338. The second-order valence-electron chi connectivity index (χ2n) is 6.54. The van der Waals surface area contributed by atoms with E-state index in [1.54, 1.807) is 12.1 Å². The number of aromatic nitrogens is 1. The number of nitrogens with one attached hydrogen (secondary N) is 2. The summed E-state index contributed by atoms with van der Waals surface area (Å²) in [7, 11) is -0.331. The number of amides is 2. The molecule has 1 heterocycles. The largest absolute Gasteiger partial charge is 0.347 e. The van der Waals surface area contributed by atoms with Crippen LogP contribution >= 0.6 is 0 Å². The van der Waals surface area contributed by atoms with E-state index in [9.17, 15) is 22.4 Å². The first kappa shape index (κ1) is 22.4. The summed E-state index contributed by atoms with van der Waals surface area (Å²) in [6.45, 7) is 0.487. The van der Waals surface area contributed by atoms with E-state index >= 15 is 0 Å². The normalized spacial score (nSPS) is 12.4. The van der Waals surface area contributed by atoms with Gasteiger partial charge in [-0.25, -0.2) is 12.8 Å². The van der Waals surface area contributed by atoms with Gasteiger partial charge in [0, 0.05) is 32.0 Å². The van der Waals surface area contributed by atoms with Crippen molar-refractivity contribution in [2.75, 3.05) is 33.7 Å². The Morgan fingerprint density at radius 3 is 2.34 bits per heavy atom. The predicted octanol–water partition coefficient (Wildman–Crippen LogP) is 0.530. The Balaban J connectivity index is 2.17. The van der Waals surface area contributed by atoms with E-state index in [1.807, 2.05) is 19.0 Å². The number of hydrogen-bond acceptors (Lipinski definition) is 6. The average Bonchev–Trinajstić information content (AvgIpc) is 2.68. The number of benzene rings is 1. The Kier molecular flexibility index (Phi) is 7.80. The number of carbonyl (C=O) groups excluding carboxylic acids is 2. The second kappa shape index (κ2) is 10.1. The monoisotopic (exact) mass is 422 g/mol. The molecule has 2 aromatic rings. The molecule has 0 radical (unpaired) electrons. The highest BCUT2D eigenvalue weighted by Crippen LogP contribution is 2.28. The molecule has 2 amide bonds. The highest BCUT2D eigenvalue weighted by molar-refractivity contribution is 7.91. The summed E-state index contributed by atoms with van der Waals surface area (Å²) >= 11 is 0. The molecule has 0 spiro atoms. The van der Waals surface area contributed by atoms with Crippen molar-refractivity contribution in [2.24, 2.45) is 0 Å². The molecule has 1 atom stereocenters. The van der Waals surface area contributed by atoms with Gasteiger partial charge in [-0.1, -0.05) is 6.07 Å². The van der Waals surface area contributed by atoms with Gasteiger partial charge in [0.2, 0.25) is 0 Å². The van der Waals surface area contributed by atoms with Gasteiger partial charge in [0.15, 0.2) is 9.84 Å². The molecule has 10 heteroatoms. The molecule has 156 valence electrons. The number of sulfone groups is 1. The number of halogens is 1. The number of rotatable bonds is 8. The summed E-state index contributed by atoms with van der Waals surface area (Å²) in [4.78, 5) is 29.6. The minimum absolute atomic E-state index is 0.0996. The molecule has 1 aromatic carbocycles. The second-order valence-corrected chi connectivity index (χ2v) is 8.67. The third-order valence-corrected chi connectivity index (χ3v) is 6.19. The fraction of sp³-hybridized carbons (Fsp3) is 0.316. The van der Waals surface area contributed by atoms with Crippen molar-refractivity contribution in [1.82, 2.24) is 20.5 Å². The minimum atomic E-state index is -3.98. The summed E-state index contributed by atoms with van der Waals surface area (Å²) in [6, 6.07) is 7.53. The zero-order valence-electron chi connectivity index (χ0n) is 16.1. The van der Waals surface area contributed by atoms with Crippen molar-refractivity contribution in [3.8, 4) is 0 Å². The number of nitrogens with zero attached hydrogens (tertiary/aromatic N) is 2. The van der Waals surface area contributed by atoms with Gasteiger partial charge < -0.3 is 15.5 Å². The van der Waals surface area contributed by atoms with Crippen LogP contribution in [0, 0.1) is 5.82 Å². The lowest BCUT2D eigenvalue weighted by Crippen LogP contribution is -2.43. The number of carbonyl (C=O) groups is 2. The van der Waals surface area contributed by atoms with Gasteiger partial charge in [0.05, 0.1) is 4.90 Å². The van der Waals surface area contributed by atoms with Crippen LogP contribution in [0.2, 0.25) is 0 Å². The maximum Gasteiger partial charge on any atom is 0.309 e. The van der Waals surface area contributed by atoms with Crippen LogP contribution in [0.3, 0.4) is 0 Å². The molecule has 0 saturated carbocycles. The van der Waals surface area contributed by atoms with Gasteiger partial charge in [-0.05, 0) is 50.0 Å². The molecule has 2 rings (SSSR count). The minimum Gasteiger partial charge on any atom is -0.347 e. The van der Waals surface area contributed by atoms with Crippen LogP contribution in [0.5, 0.6) is 0 Å². The quantitative estimate of drug-likeness (QED) is 0.475.